The second-order valence-corrected chi connectivity index (χ2v) is 7.83. The molecule has 0 unspecified atom stereocenters. The van der Waals surface area contributed by atoms with Crippen LogP contribution in [0.25, 0.3) is 10.9 Å². The minimum Gasteiger partial charge on any atom is -0.253 e. The zero-order chi connectivity index (χ0) is 18.5. The number of fused-ring (bicyclic) bond motifs is 1. The van der Waals surface area contributed by atoms with Gasteiger partial charge in [-0.15, -0.1) is 0 Å². The van der Waals surface area contributed by atoms with E-state index in [0.717, 1.165) is 6.42 Å². The summed E-state index contributed by atoms with van der Waals surface area (Å²) in [7, 11) is 0. The van der Waals surface area contributed by atoms with Gasteiger partial charge in [-0.25, -0.2) is 0 Å². The normalized spacial score (nSPS) is 11.3. The largest absolute Gasteiger partial charge is 0.253 e. The average molecular weight is 354 g/mol. The highest BCUT2D eigenvalue weighted by Gasteiger charge is 2.04. The Kier molecular flexibility index (Phi) is 10.4. The van der Waals surface area contributed by atoms with Gasteiger partial charge in [-0.05, 0) is 37.3 Å². The van der Waals surface area contributed by atoms with Crippen molar-refractivity contribution in [3.63, 3.8) is 0 Å². The molecule has 2 aromatic rings. The van der Waals surface area contributed by atoms with Gasteiger partial charge in [-0.2, -0.15) is 0 Å². The number of benzene rings is 1. The van der Waals surface area contributed by atoms with Crippen LogP contribution in [-0.4, -0.2) is 4.98 Å². The summed E-state index contributed by atoms with van der Waals surface area (Å²) in [6.45, 7) is 4.56. The van der Waals surface area contributed by atoms with Crippen LogP contribution in [0.1, 0.15) is 102 Å². The minimum atomic E-state index is 1.13. The third-order valence-electron chi connectivity index (χ3n) is 5.45. The van der Waals surface area contributed by atoms with E-state index in [0.29, 0.717) is 0 Å². The van der Waals surface area contributed by atoms with Crippen molar-refractivity contribution in [1.29, 1.82) is 0 Å². The Hall–Kier alpha value is -1.37. The number of rotatable bonds is 14. The standard InChI is InChI=1S/C25H39N/c1-3-5-7-9-11-13-16-22-17-15-18-23-20-21-24(26-25(22)23)19-14-12-10-8-6-4-2/h15,17-18,20-21H,3-14,16,19H2,1-2H3. The third-order valence-corrected chi connectivity index (χ3v) is 5.45. The molecule has 0 N–H and O–H groups in total. The fraction of sp³-hybridized carbons (Fsp3) is 0.640. The fourth-order valence-electron chi connectivity index (χ4n) is 3.77. The molecule has 0 radical (unpaired) electrons. The highest BCUT2D eigenvalue weighted by molar-refractivity contribution is 5.81. The molecule has 0 aliphatic heterocycles. The zero-order valence-electron chi connectivity index (χ0n) is 17.2. The number of aryl methyl sites for hydroxylation is 2. The number of aromatic nitrogens is 1. The van der Waals surface area contributed by atoms with E-state index in [4.69, 9.17) is 4.98 Å². The Morgan fingerprint density at radius 3 is 1.92 bits per heavy atom. The number of pyridine rings is 1. The molecule has 1 aromatic carbocycles. The van der Waals surface area contributed by atoms with Gasteiger partial charge in [0.25, 0.3) is 0 Å². The van der Waals surface area contributed by atoms with Crippen LogP contribution < -0.4 is 0 Å². The molecule has 0 aliphatic rings. The van der Waals surface area contributed by atoms with Gasteiger partial charge in [-0.1, -0.05) is 102 Å². The van der Waals surface area contributed by atoms with E-state index in [1.54, 1.807) is 0 Å². The molecule has 1 heterocycles. The van der Waals surface area contributed by atoms with Gasteiger partial charge in [0, 0.05) is 11.1 Å². The quantitative estimate of drug-likeness (QED) is 0.313. The topological polar surface area (TPSA) is 12.9 Å². The molecule has 0 saturated heterocycles. The molecular weight excluding hydrogens is 314 g/mol. The predicted octanol–water partition coefficient (Wildman–Crippen LogP) is 8.04. The summed E-state index contributed by atoms with van der Waals surface area (Å²) in [6, 6.07) is 11.2. The molecule has 0 amide bonds. The van der Waals surface area contributed by atoms with Gasteiger partial charge in [0.2, 0.25) is 0 Å². The van der Waals surface area contributed by atoms with Crippen LogP contribution in [0.4, 0.5) is 0 Å². The molecule has 0 fully saturated rings. The van der Waals surface area contributed by atoms with E-state index in [1.165, 1.54) is 106 Å². The first-order chi connectivity index (χ1) is 12.8. The van der Waals surface area contributed by atoms with Crippen molar-refractivity contribution in [2.24, 2.45) is 0 Å². The van der Waals surface area contributed by atoms with E-state index < -0.39 is 0 Å². The SMILES string of the molecule is CCCCCCCCc1ccc2cccc(CCCCCCCC)c2n1. The van der Waals surface area contributed by atoms with Crippen molar-refractivity contribution in [3.05, 3.63) is 41.6 Å². The van der Waals surface area contributed by atoms with Gasteiger partial charge >= 0.3 is 0 Å². The molecule has 0 aliphatic carbocycles. The second-order valence-electron chi connectivity index (χ2n) is 7.83. The predicted molar refractivity (Wildman–Crippen MR) is 116 cm³/mol. The average Bonchev–Trinajstić information content (AvgIpc) is 2.67. The van der Waals surface area contributed by atoms with Crippen LogP contribution in [0.15, 0.2) is 30.3 Å². The van der Waals surface area contributed by atoms with E-state index in [2.05, 4.69) is 44.2 Å². The maximum atomic E-state index is 5.04. The Morgan fingerprint density at radius 2 is 1.23 bits per heavy atom. The van der Waals surface area contributed by atoms with Crippen molar-refractivity contribution in [2.75, 3.05) is 0 Å². The van der Waals surface area contributed by atoms with Crippen molar-refractivity contribution >= 4 is 10.9 Å². The van der Waals surface area contributed by atoms with Crippen LogP contribution in [0.5, 0.6) is 0 Å². The van der Waals surface area contributed by atoms with E-state index in [1.807, 2.05) is 0 Å². The summed E-state index contributed by atoms with van der Waals surface area (Å²) in [4.78, 5) is 5.04. The molecule has 1 heteroatoms. The first kappa shape index (κ1) is 20.9. The van der Waals surface area contributed by atoms with Crippen LogP contribution in [0.3, 0.4) is 0 Å². The van der Waals surface area contributed by atoms with Gasteiger partial charge in [0.15, 0.2) is 0 Å². The number of nitrogens with zero attached hydrogens (tertiary/aromatic N) is 1. The lowest BCUT2D eigenvalue weighted by Gasteiger charge is -2.08. The lowest BCUT2D eigenvalue weighted by molar-refractivity contribution is 0.604. The van der Waals surface area contributed by atoms with Crippen LogP contribution in [0, 0.1) is 0 Å². The molecule has 1 nitrogen and oxygen atoms in total. The molecule has 0 bridgehead atoms. The monoisotopic (exact) mass is 353 g/mol. The summed E-state index contributed by atoms with van der Waals surface area (Å²) < 4.78 is 0. The fourth-order valence-corrected chi connectivity index (χ4v) is 3.77. The van der Waals surface area contributed by atoms with Crippen molar-refractivity contribution < 1.29 is 0 Å². The summed E-state index contributed by atoms with van der Waals surface area (Å²) in [6.07, 6.45) is 18.6. The summed E-state index contributed by atoms with van der Waals surface area (Å²) in [5.74, 6) is 0. The van der Waals surface area contributed by atoms with Crippen LogP contribution in [0.2, 0.25) is 0 Å². The van der Waals surface area contributed by atoms with E-state index in [9.17, 15) is 0 Å². The van der Waals surface area contributed by atoms with E-state index in [-0.39, 0.29) is 0 Å². The molecule has 26 heavy (non-hydrogen) atoms. The molecule has 0 atom stereocenters. The Morgan fingerprint density at radius 1 is 0.615 bits per heavy atom. The first-order valence-electron chi connectivity index (χ1n) is 11.2. The molecular formula is C25H39N. The van der Waals surface area contributed by atoms with Gasteiger partial charge in [0.1, 0.15) is 0 Å². The first-order valence-corrected chi connectivity index (χ1v) is 11.2. The summed E-state index contributed by atoms with van der Waals surface area (Å²) in [5.41, 5.74) is 3.98. The maximum absolute atomic E-state index is 5.04. The number of unbranched alkanes of at least 4 members (excludes halogenated alkanes) is 10. The lowest BCUT2D eigenvalue weighted by Crippen LogP contribution is -1.95. The Balaban J connectivity index is 1.85. The van der Waals surface area contributed by atoms with Crippen LogP contribution >= 0.6 is 0 Å². The Labute approximate surface area is 161 Å². The third kappa shape index (κ3) is 7.48. The Bertz CT molecular complexity index is 617. The molecule has 0 spiro atoms. The molecule has 0 saturated carbocycles. The minimum absolute atomic E-state index is 1.13. The van der Waals surface area contributed by atoms with E-state index >= 15 is 0 Å². The van der Waals surface area contributed by atoms with Gasteiger partial charge in [0.05, 0.1) is 5.52 Å². The van der Waals surface area contributed by atoms with Crippen molar-refractivity contribution in [1.82, 2.24) is 4.98 Å². The number of hydrogen-bond acceptors (Lipinski definition) is 1. The van der Waals surface area contributed by atoms with Gasteiger partial charge < -0.3 is 0 Å². The smallest absolute Gasteiger partial charge is 0.0737 e. The van der Waals surface area contributed by atoms with Gasteiger partial charge in [-0.3, -0.25) is 4.98 Å². The second kappa shape index (κ2) is 12.9. The van der Waals surface area contributed by atoms with Crippen molar-refractivity contribution in [2.45, 2.75) is 104 Å². The van der Waals surface area contributed by atoms with Crippen molar-refractivity contribution in [3.8, 4) is 0 Å². The number of para-hydroxylation sites is 1. The highest BCUT2D eigenvalue weighted by atomic mass is 14.7. The summed E-state index contributed by atoms with van der Waals surface area (Å²) in [5, 5.41) is 1.31. The molecule has 2 rings (SSSR count). The number of hydrogen-bond donors (Lipinski definition) is 0. The maximum Gasteiger partial charge on any atom is 0.0737 e. The summed E-state index contributed by atoms with van der Waals surface area (Å²) >= 11 is 0. The molecule has 1 aromatic heterocycles. The lowest BCUT2D eigenvalue weighted by atomic mass is 10.0. The zero-order valence-corrected chi connectivity index (χ0v) is 17.2. The van der Waals surface area contributed by atoms with Crippen LogP contribution in [-0.2, 0) is 12.8 Å². The highest BCUT2D eigenvalue weighted by Crippen LogP contribution is 2.21. The molecule has 144 valence electrons.